The lowest BCUT2D eigenvalue weighted by Gasteiger charge is -2.33. The lowest BCUT2D eigenvalue weighted by molar-refractivity contribution is -0.152. The van der Waals surface area contributed by atoms with Crippen LogP contribution in [-0.2, 0) is 16.1 Å². The largest absolute Gasteiger partial charge is 0.480 e. The highest BCUT2D eigenvalue weighted by atomic mass is 16.4. The average molecular weight is 265 g/mol. The molecule has 1 atom stereocenters. The zero-order valence-electron chi connectivity index (χ0n) is 11.3. The van der Waals surface area contributed by atoms with E-state index in [1.807, 2.05) is 19.9 Å². The number of aromatic nitrogens is 2. The molecule has 1 saturated heterocycles. The molecule has 6 heteroatoms. The minimum atomic E-state index is -0.915. The summed E-state index contributed by atoms with van der Waals surface area (Å²) in [6, 6.07) is 1.22. The number of amides is 1. The van der Waals surface area contributed by atoms with Crippen molar-refractivity contribution in [3.8, 4) is 0 Å². The van der Waals surface area contributed by atoms with Crippen molar-refractivity contribution in [3.05, 3.63) is 17.5 Å². The Kier molecular flexibility index (Phi) is 3.87. The molecule has 2 heterocycles. The summed E-state index contributed by atoms with van der Waals surface area (Å²) in [4.78, 5) is 24.9. The van der Waals surface area contributed by atoms with Crippen LogP contribution in [0.4, 0.5) is 0 Å². The second kappa shape index (κ2) is 5.42. The van der Waals surface area contributed by atoms with Crippen LogP contribution in [0.15, 0.2) is 6.07 Å². The third-order valence-electron chi connectivity index (χ3n) is 3.50. The number of aryl methyl sites for hydroxylation is 2. The first-order valence-electron chi connectivity index (χ1n) is 6.52. The van der Waals surface area contributed by atoms with E-state index in [9.17, 15) is 9.59 Å². The molecule has 1 N–H and O–H groups in total. The Morgan fingerprint density at radius 2 is 2.16 bits per heavy atom. The molecule has 0 spiro atoms. The van der Waals surface area contributed by atoms with Crippen molar-refractivity contribution >= 4 is 11.9 Å². The third kappa shape index (κ3) is 2.94. The maximum absolute atomic E-state index is 12.2. The minimum absolute atomic E-state index is 0.115. The van der Waals surface area contributed by atoms with E-state index in [4.69, 9.17) is 5.11 Å². The molecule has 1 aromatic heterocycles. The Morgan fingerprint density at radius 3 is 2.74 bits per heavy atom. The normalized spacial score (nSPS) is 19.5. The topological polar surface area (TPSA) is 75.4 Å². The fraction of sp³-hybridized carbons (Fsp3) is 0.615. The fourth-order valence-corrected chi connectivity index (χ4v) is 2.54. The number of rotatable bonds is 3. The van der Waals surface area contributed by atoms with Gasteiger partial charge in [-0.2, -0.15) is 5.10 Å². The van der Waals surface area contributed by atoms with E-state index in [2.05, 4.69) is 5.10 Å². The van der Waals surface area contributed by atoms with Crippen LogP contribution in [0.3, 0.4) is 0 Å². The number of hydrogen-bond acceptors (Lipinski definition) is 3. The molecule has 1 aliphatic rings. The minimum Gasteiger partial charge on any atom is -0.480 e. The zero-order valence-corrected chi connectivity index (χ0v) is 11.3. The fourth-order valence-electron chi connectivity index (χ4n) is 2.54. The molecular formula is C13H19N3O3. The molecule has 0 aliphatic carbocycles. The number of carbonyl (C=O) groups is 2. The SMILES string of the molecule is Cc1cc(C)n(CC(=O)N2CCCCC2C(=O)O)n1. The molecule has 0 aromatic carbocycles. The molecule has 19 heavy (non-hydrogen) atoms. The summed E-state index contributed by atoms with van der Waals surface area (Å²) in [5.74, 6) is -1.08. The van der Waals surface area contributed by atoms with Crippen molar-refractivity contribution in [2.45, 2.75) is 45.7 Å². The van der Waals surface area contributed by atoms with Crippen LogP contribution in [0.1, 0.15) is 30.7 Å². The summed E-state index contributed by atoms with van der Waals surface area (Å²) in [7, 11) is 0. The Hall–Kier alpha value is -1.85. The molecule has 1 amide bonds. The van der Waals surface area contributed by atoms with Gasteiger partial charge in [-0.25, -0.2) is 4.79 Å². The molecule has 0 radical (unpaired) electrons. The average Bonchev–Trinajstić information content (AvgIpc) is 2.67. The molecule has 2 rings (SSSR count). The predicted octanol–water partition coefficient (Wildman–Crippen LogP) is 0.966. The van der Waals surface area contributed by atoms with Crippen molar-refractivity contribution in [2.75, 3.05) is 6.54 Å². The molecule has 0 bridgehead atoms. The van der Waals surface area contributed by atoms with Crippen molar-refractivity contribution in [3.63, 3.8) is 0 Å². The molecule has 1 aromatic rings. The quantitative estimate of drug-likeness (QED) is 0.883. The van der Waals surface area contributed by atoms with Gasteiger partial charge in [-0.15, -0.1) is 0 Å². The number of likely N-dealkylation sites (tertiary alicyclic amines) is 1. The van der Waals surface area contributed by atoms with Crippen LogP contribution in [0.5, 0.6) is 0 Å². The van der Waals surface area contributed by atoms with Crippen LogP contribution in [0.25, 0.3) is 0 Å². The van der Waals surface area contributed by atoms with Gasteiger partial charge in [-0.05, 0) is 39.2 Å². The highest BCUT2D eigenvalue weighted by Gasteiger charge is 2.31. The van der Waals surface area contributed by atoms with E-state index >= 15 is 0 Å². The lowest BCUT2D eigenvalue weighted by Crippen LogP contribution is -2.49. The smallest absolute Gasteiger partial charge is 0.326 e. The number of aliphatic carboxylic acids is 1. The van der Waals surface area contributed by atoms with Gasteiger partial charge in [0, 0.05) is 12.2 Å². The Bertz CT molecular complexity index is 495. The molecule has 1 unspecified atom stereocenters. The Balaban J connectivity index is 2.09. The van der Waals surface area contributed by atoms with E-state index in [1.54, 1.807) is 4.68 Å². The maximum atomic E-state index is 12.2. The molecule has 1 aliphatic heterocycles. The monoisotopic (exact) mass is 265 g/mol. The second-order valence-electron chi connectivity index (χ2n) is 5.02. The highest BCUT2D eigenvalue weighted by molar-refractivity contribution is 5.83. The van der Waals surface area contributed by atoms with Gasteiger partial charge in [0.2, 0.25) is 5.91 Å². The van der Waals surface area contributed by atoms with Crippen LogP contribution in [0.2, 0.25) is 0 Å². The van der Waals surface area contributed by atoms with Gasteiger partial charge < -0.3 is 10.0 Å². The number of carbonyl (C=O) groups excluding carboxylic acids is 1. The first kappa shape index (κ1) is 13.6. The first-order chi connectivity index (χ1) is 8.99. The van der Waals surface area contributed by atoms with Crippen molar-refractivity contribution in [2.24, 2.45) is 0 Å². The zero-order chi connectivity index (χ0) is 14.0. The summed E-state index contributed by atoms with van der Waals surface area (Å²) in [6.07, 6.45) is 2.27. The second-order valence-corrected chi connectivity index (χ2v) is 5.02. The standard InChI is InChI=1S/C13H19N3O3/c1-9-7-10(2)16(14-9)8-12(17)15-6-4-3-5-11(15)13(18)19/h7,11H,3-6,8H2,1-2H3,(H,18,19). The van der Waals surface area contributed by atoms with Gasteiger partial charge in [0.05, 0.1) is 5.69 Å². The van der Waals surface area contributed by atoms with Gasteiger partial charge >= 0.3 is 5.97 Å². The van der Waals surface area contributed by atoms with Gasteiger partial charge in [-0.1, -0.05) is 0 Å². The summed E-state index contributed by atoms with van der Waals surface area (Å²) in [5, 5.41) is 13.4. The van der Waals surface area contributed by atoms with Crippen LogP contribution in [0, 0.1) is 13.8 Å². The Morgan fingerprint density at radius 1 is 1.42 bits per heavy atom. The lowest BCUT2D eigenvalue weighted by atomic mass is 10.0. The van der Waals surface area contributed by atoms with E-state index in [0.29, 0.717) is 13.0 Å². The van der Waals surface area contributed by atoms with E-state index in [0.717, 1.165) is 24.2 Å². The van der Waals surface area contributed by atoms with Crippen molar-refractivity contribution in [1.82, 2.24) is 14.7 Å². The van der Waals surface area contributed by atoms with Gasteiger partial charge in [0.15, 0.2) is 0 Å². The van der Waals surface area contributed by atoms with Crippen molar-refractivity contribution < 1.29 is 14.7 Å². The summed E-state index contributed by atoms with van der Waals surface area (Å²) >= 11 is 0. The van der Waals surface area contributed by atoms with Gasteiger partial charge in [0.25, 0.3) is 0 Å². The van der Waals surface area contributed by atoms with Gasteiger partial charge in [0.1, 0.15) is 12.6 Å². The summed E-state index contributed by atoms with van der Waals surface area (Å²) < 4.78 is 1.63. The van der Waals surface area contributed by atoms with Gasteiger partial charge in [-0.3, -0.25) is 9.48 Å². The molecule has 6 nitrogen and oxygen atoms in total. The Labute approximate surface area is 112 Å². The van der Waals surface area contributed by atoms with Crippen LogP contribution in [-0.4, -0.2) is 44.3 Å². The first-order valence-corrected chi connectivity index (χ1v) is 6.52. The molecule has 0 saturated carbocycles. The predicted molar refractivity (Wildman–Crippen MR) is 68.7 cm³/mol. The maximum Gasteiger partial charge on any atom is 0.326 e. The number of nitrogens with zero attached hydrogens (tertiary/aromatic N) is 3. The highest BCUT2D eigenvalue weighted by Crippen LogP contribution is 2.18. The number of carboxylic acids is 1. The van der Waals surface area contributed by atoms with E-state index in [-0.39, 0.29) is 12.5 Å². The van der Waals surface area contributed by atoms with Crippen molar-refractivity contribution in [1.29, 1.82) is 0 Å². The van der Waals surface area contributed by atoms with E-state index in [1.165, 1.54) is 4.90 Å². The summed E-state index contributed by atoms with van der Waals surface area (Å²) in [5.41, 5.74) is 1.77. The summed E-state index contributed by atoms with van der Waals surface area (Å²) in [6.45, 7) is 4.39. The number of carboxylic acid groups (broad SMARTS) is 1. The van der Waals surface area contributed by atoms with Crippen LogP contribution < -0.4 is 0 Å². The molecular weight excluding hydrogens is 246 g/mol. The molecule has 1 fully saturated rings. The number of piperidine rings is 1. The number of hydrogen-bond donors (Lipinski definition) is 1. The third-order valence-corrected chi connectivity index (χ3v) is 3.50. The molecule has 104 valence electrons. The van der Waals surface area contributed by atoms with E-state index < -0.39 is 12.0 Å². The van der Waals surface area contributed by atoms with Crippen LogP contribution >= 0.6 is 0 Å².